The summed E-state index contributed by atoms with van der Waals surface area (Å²) in [6.45, 7) is 2.35. The third-order valence-electron chi connectivity index (χ3n) is 4.09. The fraction of sp³-hybridized carbons (Fsp3) is 0.278. The summed E-state index contributed by atoms with van der Waals surface area (Å²) in [5, 5.41) is 13.8. The number of carbonyl (C=O) groups excluding carboxylic acids is 2. The number of rotatable bonds is 4. The van der Waals surface area contributed by atoms with Crippen molar-refractivity contribution in [1.82, 2.24) is 9.80 Å². The molecule has 0 spiro atoms. The van der Waals surface area contributed by atoms with Gasteiger partial charge >= 0.3 is 0 Å². The molecule has 25 heavy (non-hydrogen) atoms. The lowest BCUT2D eigenvalue weighted by Crippen LogP contribution is -2.51. The summed E-state index contributed by atoms with van der Waals surface area (Å²) in [7, 11) is 0. The van der Waals surface area contributed by atoms with Crippen LogP contribution in [0.15, 0.2) is 41.8 Å². The van der Waals surface area contributed by atoms with E-state index in [0.29, 0.717) is 31.7 Å². The Morgan fingerprint density at radius 2 is 1.88 bits per heavy atom. The largest absolute Gasteiger partial charge is 0.376 e. The maximum absolute atomic E-state index is 12.3. The van der Waals surface area contributed by atoms with Crippen molar-refractivity contribution in [3.05, 3.63) is 52.2 Å². The van der Waals surface area contributed by atoms with E-state index in [4.69, 9.17) is 5.26 Å². The molecule has 2 heterocycles. The number of carbonyl (C=O) groups is 2. The Hall–Kier alpha value is -2.85. The molecular weight excluding hydrogens is 336 g/mol. The molecule has 7 heteroatoms. The minimum absolute atomic E-state index is 0.00872. The molecule has 0 radical (unpaired) electrons. The zero-order valence-electron chi connectivity index (χ0n) is 13.6. The van der Waals surface area contributed by atoms with Crippen LogP contribution in [0, 0.1) is 11.3 Å². The summed E-state index contributed by atoms with van der Waals surface area (Å²) in [5.74, 6) is 0.0270. The van der Waals surface area contributed by atoms with Crippen molar-refractivity contribution >= 4 is 28.8 Å². The van der Waals surface area contributed by atoms with E-state index in [0.717, 1.165) is 10.6 Å². The average Bonchev–Trinajstić information content (AvgIpc) is 3.20. The highest BCUT2D eigenvalue weighted by Crippen LogP contribution is 2.14. The number of nitrogens with one attached hydrogen (secondary N) is 1. The maximum Gasteiger partial charge on any atom is 0.264 e. The molecule has 1 fully saturated rings. The van der Waals surface area contributed by atoms with Gasteiger partial charge in [-0.2, -0.15) is 5.26 Å². The molecule has 3 rings (SSSR count). The van der Waals surface area contributed by atoms with Gasteiger partial charge in [-0.05, 0) is 29.6 Å². The minimum Gasteiger partial charge on any atom is -0.376 e. The van der Waals surface area contributed by atoms with Gasteiger partial charge in [0.2, 0.25) is 5.91 Å². The van der Waals surface area contributed by atoms with E-state index in [2.05, 4.69) is 11.4 Å². The molecule has 0 atom stereocenters. The van der Waals surface area contributed by atoms with Crippen molar-refractivity contribution in [1.29, 1.82) is 5.26 Å². The molecule has 0 unspecified atom stereocenters. The van der Waals surface area contributed by atoms with E-state index in [1.165, 1.54) is 11.3 Å². The fourth-order valence-corrected chi connectivity index (χ4v) is 3.39. The molecule has 1 N–H and O–H groups in total. The van der Waals surface area contributed by atoms with E-state index >= 15 is 0 Å². The van der Waals surface area contributed by atoms with Crippen molar-refractivity contribution in [2.45, 2.75) is 0 Å². The van der Waals surface area contributed by atoms with Crippen LogP contribution in [0.1, 0.15) is 15.2 Å². The highest BCUT2D eigenvalue weighted by Gasteiger charge is 2.25. The van der Waals surface area contributed by atoms with Crippen molar-refractivity contribution < 1.29 is 9.59 Å². The van der Waals surface area contributed by atoms with Crippen molar-refractivity contribution in [2.75, 3.05) is 38.0 Å². The molecule has 1 saturated heterocycles. The van der Waals surface area contributed by atoms with Gasteiger partial charge in [-0.1, -0.05) is 12.1 Å². The number of anilines is 1. The van der Waals surface area contributed by atoms with Gasteiger partial charge in [-0.3, -0.25) is 9.59 Å². The van der Waals surface area contributed by atoms with E-state index in [1.54, 1.807) is 28.0 Å². The van der Waals surface area contributed by atoms with Gasteiger partial charge in [0.25, 0.3) is 5.91 Å². The highest BCUT2D eigenvalue weighted by molar-refractivity contribution is 7.12. The van der Waals surface area contributed by atoms with Crippen LogP contribution in [0.2, 0.25) is 0 Å². The molecule has 1 aromatic heterocycles. The first-order valence-corrected chi connectivity index (χ1v) is 8.90. The lowest BCUT2D eigenvalue weighted by molar-refractivity contribution is -0.130. The maximum atomic E-state index is 12.3. The summed E-state index contributed by atoms with van der Waals surface area (Å²) in [5.41, 5.74) is 1.30. The first-order chi connectivity index (χ1) is 12.2. The second kappa shape index (κ2) is 7.81. The Morgan fingerprint density at radius 1 is 1.12 bits per heavy atom. The first kappa shape index (κ1) is 17.0. The number of amides is 2. The van der Waals surface area contributed by atoms with Crippen molar-refractivity contribution in [3.63, 3.8) is 0 Å². The number of nitrogens with zero attached hydrogens (tertiary/aromatic N) is 3. The van der Waals surface area contributed by atoms with E-state index in [1.807, 2.05) is 23.6 Å². The second-order valence-electron chi connectivity index (χ2n) is 5.70. The number of hydrogen-bond acceptors (Lipinski definition) is 5. The average molecular weight is 354 g/mol. The van der Waals surface area contributed by atoms with Crippen LogP contribution in [-0.4, -0.2) is 54.3 Å². The molecule has 1 aliphatic rings. The SMILES string of the molecule is N#Cc1cccc(NCC(=O)N2CCN(C(=O)c3cccs3)CC2)c1. The fourth-order valence-electron chi connectivity index (χ4n) is 2.70. The molecule has 1 aromatic carbocycles. The van der Waals surface area contributed by atoms with E-state index < -0.39 is 0 Å². The number of hydrogen-bond donors (Lipinski definition) is 1. The summed E-state index contributed by atoms with van der Waals surface area (Å²) < 4.78 is 0. The molecule has 2 aromatic rings. The van der Waals surface area contributed by atoms with Crippen LogP contribution in [-0.2, 0) is 4.79 Å². The Morgan fingerprint density at radius 3 is 2.56 bits per heavy atom. The molecule has 1 aliphatic heterocycles. The van der Waals surface area contributed by atoms with Gasteiger partial charge < -0.3 is 15.1 Å². The van der Waals surface area contributed by atoms with E-state index in [-0.39, 0.29) is 18.4 Å². The Labute approximate surface area is 150 Å². The standard InChI is InChI=1S/C18H18N4O2S/c19-12-14-3-1-4-15(11-14)20-13-17(23)21-6-8-22(9-7-21)18(24)16-5-2-10-25-16/h1-5,10-11,20H,6-9,13H2. The Bertz CT molecular complexity index is 790. The summed E-state index contributed by atoms with van der Waals surface area (Å²) in [6.07, 6.45) is 0. The summed E-state index contributed by atoms with van der Waals surface area (Å²) in [6, 6.07) is 12.8. The lowest BCUT2D eigenvalue weighted by Gasteiger charge is -2.34. The minimum atomic E-state index is -0.00872. The van der Waals surface area contributed by atoms with Crippen molar-refractivity contribution in [2.24, 2.45) is 0 Å². The zero-order chi connectivity index (χ0) is 17.6. The zero-order valence-corrected chi connectivity index (χ0v) is 14.5. The molecule has 2 amide bonds. The van der Waals surface area contributed by atoms with Gasteiger partial charge in [0, 0.05) is 31.9 Å². The third-order valence-corrected chi connectivity index (χ3v) is 4.94. The van der Waals surface area contributed by atoms with Crippen LogP contribution in [0.5, 0.6) is 0 Å². The van der Waals surface area contributed by atoms with Crippen LogP contribution in [0.3, 0.4) is 0 Å². The molecule has 0 aliphatic carbocycles. The number of benzene rings is 1. The predicted molar refractivity (Wildman–Crippen MR) is 96.4 cm³/mol. The topological polar surface area (TPSA) is 76.4 Å². The highest BCUT2D eigenvalue weighted by atomic mass is 32.1. The molecule has 0 saturated carbocycles. The van der Waals surface area contributed by atoms with Gasteiger partial charge in [0.05, 0.1) is 23.1 Å². The van der Waals surface area contributed by atoms with Gasteiger partial charge in [-0.15, -0.1) is 11.3 Å². The van der Waals surface area contributed by atoms with Gasteiger partial charge in [-0.25, -0.2) is 0 Å². The molecule has 0 bridgehead atoms. The number of thiophene rings is 1. The van der Waals surface area contributed by atoms with Crippen LogP contribution in [0.25, 0.3) is 0 Å². The quantitative estimate of drug-likeness (QED) is 0.911. The second-order valence-corrected chi connectivity index (χ2v) is 6.64. The number of nitriles is 1. The normalized spacial score (nSPS) is 14.0. The molecular formula is C18H18N4O2S. The predicted octanol–water partition coefficient (Wildman–Crippen LogP) is 2.02. The molecule has 6 nitrogen and oxygen atoms in total. The first-order valence-electron chi connectivity index (χ1n) is 8.02. The molecule has 128 valence electrons. The third kappa shape index (κ3) is 4.17. The Balaban J connectivity index is 1.48. The van der Waals surface area contributed by atoms with Gasteiger partial charge in [0.1, 0.15) is 0 Å². The summed E-state index contributed by atoms with van der Waals surface area (Å²) >= 11 is 1.44. The smallest absolute Gasteiger partial charge is 0.264 e. The monoisotopic (exact) mass is 354 g/mol. The van der Waals surface area contributed by atoms with Crippen molar-refractivity contribution in [3.8, 4) is 6.07 Å². The van der Waals surface area contributed by atoms with E-state index in [9.17, 15) is 9.59 Å². The number of piperazine rings is 1. The van der Waals surface area contributed by atoms with Gasteiger partial charge in [0.15, 0.2) is 0 Å². The Kier molecular flexibility index (Phi) is 5.31. The van der Waals surface area contributed by atoms with Crippen LogP contribution in [0.4, 0.5) is 5.69 Å². The van der Waals surface area contributed by atoms with Crippen LogP contribution < -0.4 is 5.32 Å². The summed E-state index contributed by atoms with van der Waals surface area (Å²) in [4.78, 5) is 28.9. The van der Waals surface area contributed by atoms with Crippen LogP contribution >= 0.6 is 11.3 Å². The lowest BCUT2D eigenvalue weighted by atomic mass is 10.2.